The highest BCUT2D eigenvalue weighted by molar-refractivity contribution is 5.76. The molecule has 0 saturated carbocycles. The molecule has 1 aliphatic rings. The molecule has 0 spiro atoms. The molecule has 11 nitrogen and oxygen atoms in total. The summed E-state index contributed by atoms with van der Waals surface area (Å²) in [5, 5.41) is 54.1. The molecular formula is C59H109NO10. The van der Waals surface area contributed by atoms with E-state index < -0.39 is 49.5 Å². The zero-order valence-corrected chi connectivity index (χ0v) is 45.0. The van der Waals surface area contributed by atoms with Gasteiger partial charge < -0.3 is 45.1 Å². The highest BCUT2D eigenvalue weighted by Gasteiger charge is 2.44. The van der Waals surface area contributed by atoms with E-state index in [1.165, 1.54) is 173 Å². The number of nitrogens with one attached hydrogen (secondary N) is 1. The van der Waals surface area contributed by atoms with Crippen LogP contribution < -0.4 is 5.32 Å². The van der Waals surface area contributed by atoms with Crippen molar-refractivity contribution >= 4 is 11.9 Å². The number of hydrogen-bond acceptors (Lipinski definition) is 10. The van der Waals surface area contributed by atoms with Crippen LogP contribution in [0.3, 0.4) is 0 Å². The van der Waals surface area contributed by atoms with Gasteiger partial charge >= 0.3 is 5.97 Å². The molecule has 1 aliphatic heterocycles. The second-order valence-corrected chi connectivity index (χ2v) is 20.4. The predicted octanol–water partition coefficient (Wildman–Crippen LogP) is 13.1. The first-order valence-electron chi connectivity index (χ1n) is 29.2. The molecule has 0 aliphatic carbocycles. The Morgan fingerprint density at radius 1 is 0.543 bits per heavy atom. The van der Waals surface area contributed by atoms with Gasteiger partial charge in [-0.25, -0.2) is 0 Å². The number of rotatable bonds is 50. The van der Waals surface area contributed by atoms with Gasteiger partial charge in [0.05, 0.1) is 32.0 Å². The standard InChI is InChI=1S/C59H109NO10/c1-3-5-7-9-11-13-26-31-35-39-43-47-55(64)68-48-44-40-36-32-28-25-23-21-19-17-15-14-16-18-20-22-24-27-30-34-38-42-46-54(63)60-51(52(62)45-41-37-33-29-12-10-8-6-4-2)50-69-59-58(67)57(66)56(65)53(49-61)70-59/h4,6,12,29,41,45,51-53,56-59,61-62,65-67H,3,5,7-11,13-28,30-40,42-44,46-50H2,1-2H3,(H,60,63)/b6-4+,29-12+,45-41+. The summed E-state index contributed by atoms with van der Waals surface area (Å²) in [5.41, 5.74) is 0. The minimum Gasteiger partial charge on any atom is -0.466 e. The van der Waals surface area contributed by atoms with Gasteiger partial charge in [0.15, 0.2) is 6.29 Å². The molecule has 1 fully saturated rings. The monoisotopic (exact) mass is 992 g/mol. The fourth-order valence-corrected chi connectivity index (χ4v) is 9.18. The molecule has 0 bridgehead atoms. The van der Waals surface area contributed by atoms with Crippen LogP contribution in [0, 0.1) is 0 Å². The van der Waals surface area contributed by atoms with E-state index in [2.05, 4.69) is 30.5 Å². The maximum Gasteiger partial charge on any atom is 0.305 e. The van der Waals surface area contributed by atoms with Gasteiger partial charge in [0.1, 0.15) is 24.4 Å². The highest BCUT2D eigenvalue weighted by atomic mass is 16.7. The van der Waals surface area contributed by atoms with E-state index in [0.717, 1.165) is 64.2 Å². The maximum absolute atomic E-state index is 13.0. The Kier molecular flexibility index (Phi) is 46.2. The maximum atomic E-state index is 13.0. The molecule has 0 radical (unpaired) electrons. The van der Waals surface area contributed by atoms with Gasteiger partial charge in [-0.15, -0.1) is 0 Å². The van der Waals surface area contributed by atoms with Crippen LogP contribution in [-0.4, -0.2) is 100 Å². The lowest BCUT2D eigenvalue weighted by molar-refractivity contribution is -0.302. The SMILES string of the molecule is C/C=C/CC/C=C/CC/C=C/C(O)C(COC1OC(CO)C(O)C(O)C1O)NC(=O)CCCCCCCCCCCCCCCCCCCCCCCCOC(=O)CCCCCCCCCCCCC. The van der Waals surface area contributed by atoms with Gasteiger partial charge in [-0.1, -0.05) is 236 Å². The fourth-order valence-electron chi connectivity index (χ4n) is 9.18. The molecule has 1 rings (SSSR count). The lowest BCUT2D eigenvalue weighted by Crippen LogP contribution is -2.60. The summed E-state index contributed by atoms with van der Waals surface area (Å²) in [4.78, 5) is 25.0. The van der Waals surface area contributed by atoms with E-state index in [1.54, 1.807) is 6.08 Å². The fraction of sp³-hybridized carbons (Fsp3) is 0.864. The molecular weight excluding hydrogens is 883 g/mol. The average Bonchev–Trinajstić information content (AvgIpc) is 3.36. The van der Waals surface area contributed by atoms with Gasteiger partial charge in [-0.05, 0) is 51.9 Å². The molecule has 0 aromatic rings. The number of aliphatic hydroxyl groups is 5. The highest BCUT2D eigenvalue weighted by Crippen LogP contribution is 2.23. The number of hydrogen-bond donors (Lipinski definition) is 6. The minimum absolute atomic E-state index is 0.000682. The van der Waals surface area contributed by atoms with E-state index in [4.69, 9.17) is 14.2 Å². The van der Waals surface area contributed by atoms with E-state index in [0.29, 0.717) is 19.4 Å². The van der Waals surface area contributed by atoms with E-state index in [9.17, 15) is 35.1 Å². The van der Waals surface area contributed by atoms with Gasteiger partial charge in [0, 0.05) is 12.8 Å². The number of carbonyl (C=O) groups is 2. The predicted molar refractivity (Wildman–Crippen MR) is 287 cm³/mol. The van der Waals surface area contributed by atoms with Crippen LogP contribution in [0.5, 0.6) is 0 Å². The number of carbonyl (C=O) groups excluding carboxylic acids is 2. The van der Waals surface area contributed by atoms with Crippen molar-refractivity contribution in [1.29, 1.82) is 0 Å². The van der Waals surface area contributed by atoms with Crippen molar-refractivity contribution in [2.75, 3.05) is 19.8 Å². The van der Waals surface area contributed by atoms with E-state index >= 15 is 0 Å². The van der Waals surface area contributed by atoms with Crippen molar-refractivity contribution in [3.8, 4) is 0 Å². The molecule has 70 heavy (non-hydrogen) atoms. The van der Waals surface area contributed by atoms with Crippen LogP contribution in [0.15, 0.2) is 36.5 Å². The molecule has 0 aromatic carbocycles. The zero-order valence-electron chi connectivity index (χ0n) is 45.0. The molecule has 7 atom stereocenters. The van der Waals surface area contributed by atoms with Crippen molar-refractivity contribution in [2.45, 2.75) is 307 Å². The van der Waals surface area contributed by atoms with Crippen molar-refractivity contribution in [2.24, 2.45) is 0 Å². The molecule has 1 saturated heterocycles. The number of unbranched alkanes of at least 4 members (excludes halogenated alkanes) is 33. The number of ether oxygens (including phenoxy) is 3. The van der Waals surface area contributed by atoms with Gasteiger partial charge in [0.25, 0.3) is 0 Å². The normalized spacial score (nSPS) is 19.4. The summed E-state index contributed by atoms with van der Waals surface area (Å²) in [6.45, 7) is 4.09. The van der Waals surface area contributed by atoms with Crippen molar-refractivity contribution in [3.63, 3.8) is 0 Å². The second kappa shape index (κ2) is 49.1. The molecule has 11 heteroatoms. The first-order valence-corrected chi connectivity index (χ1v) is 29.2. The second-order valence-electron chi connectivity index (χ2n) is 20.4. The topological polar surface area (TPSA) is 175 Å². The molecule has 1 heterocycles. The number of amides is 1. The molecule has 6 N–H and O–H groups in total. The third-order valence-electron chi connectivity index (χ3n) is 13.8. The number of aliphatic hydroxyl groups excluding tert-OH is 5. The summed E-state index contributed by atoms with van der Waals surface area (Å²) in [6.07, 6.45) is 49.9. The Hall–Kier alpha value is -2.12. The Morgan fingerprint density at radius 2 is 0.957 bits per heavy atom. The number of allylic oxidation sites excluding steroid dienone is 5. The summed E-state index contributed by atoms with van der Waals surface area (Å²) in [6, 6.07) is -0.833. The molecule has 7 unspecified atom stereocenters. The van der Waals surface area contributed by atoms with Crippen molar-refractivity contribution in [3.05, 3.63) is 36.5 Å². The zero-order chi connectivity index (χ0) is 51.0. The number of esters is 1. The quantitative estimate of drug-likeness (QED) is 0.0195. The van der Waals surface area contributed by atoms with Crippen LogP contribution in [0.1, 0.15) is 264 Å². The largest absolute Gasteiger partial charge is 0.466 e. The first kappa shape index (κ1) is 65.9. The van der Waals surface area contributed by atoms with E-state index in [-0.39, 0.29) is 18.5 Å². The third-order valence-corrected chi connectivity index (χ3v) is 13.8. The lowest BCUT2D eigenvalue weighted by atomic mass is 9.99. The molecule has 410 valence electrons. The third kappa shape index (κ3) is 38.5. The van der Waals surface area contributed by atoms with Gasteiger partial charge in [0.2, 0.25) is 5.91 Å². The van der Waals surface area contributed by atoms with Crippen LogP contribution in [0.2, 0.25) is 0 Å². The van der Waals surface area contributed by atoms with E-state index in [1.807, 2.05) is 19.1 Å². The summed E-state index contributed by atoms with van der Waals surface area (Å²) >= 11 is 0. The van der Waals surface area contributed by atoms with Crippen LogP contribution in [-0.2, 0) is 23.8 Å². The van der Waals surface area contributed by atoms with Crippen LogP contribution in [0.4, 0.5) is 0 Å². The smallest absolute Gasteiger partial charge is 0.305 e. The Balaban J connectivity index is 2.01. The van der Waals surface area contributed by atoms with Crippen molar-refractivity contribution in [1.82, 2.24) is 5.32 Å². The Morgan fingerprint density at radius 3 is 1.41 bits per heavy atom. The lowest BCUT2D eigenvalue weighted by Gasteiger charge is -2.40. The van der Waals surface area contributed by atoms with Crippen LogP contribution >= 0.6 is 0 Å². The summed E-state index contributed by atoms with van der Waals surface area (Å²) in [5.74, 6) is -0.200. The summed E-state index contributed by atoms with van der Waals surface area (Å²) in [7, 11) is 0. The first-order chi connectivity index (χ1) is 34.2. The summed E-state index contributed by atoms with van der Waals surface area (Å²) < 4.78 is 16.6. The Labute approximate surface area is 428 Å². The average molecular weight is 993 g/mol. The minimum atomic E-state index is -1.58. The van der Waals surface area contributed by atoms with Gasteiger partial charge in [-0.3, -0.25) is 9.59 Å². The molecule has 0 aromatic heterocycles. The molecule has 1 amide bonds. The van der Waals surface area contributed by atoms with Gasteiger partial charge in [-0.2, -0.15) is 0 Å². The van der Waals surface area contributed by atoms with Crippen molar-refractivity contribution < 1.29 is 49.3 Å². The Bertz CT molecular complexity index is 1260. The van der Waals surface area contributed by atoms with Crippen LogP contribution in [0.25, 0.3) is 0 Å².